The fraction of sp³-hybridized carbons (Fsp3) is 0.375. The molecular formula is C16H22N4. The second-order valence-corrected chi connectivity index (χ2v) is 4.91. The molecule has 20 heavy (non-hydrogen) atoms. The van der Waals surface area contributed by atoms with Gasteiger partial charge in [0.05, 0.1) is 12.2 Å². The molecule has 1 atom stereocenters. The predicted octanol–water partition coefficient (Wildman–Crippen LogP) is 2.78. The molecule has 2 heterocycles. The summed E-state index contributed by atoms with van der Waals surface area (Å²) >= 11 is 0. The second-order valence-electron chi connectivity index (χ2n) is 4.91. The summed E-state index contributed by atoms with van der Waals surface area (Å²) in [7, 11) is 2.03. The van der Waals surface area contributed by atoms with Crippen LogP contribution in [0, 0.1) is 0 Å². The monoisotopic (exact) mass is 270 g/mol. The van der Waals surface area contributed by atoms with Crippen molar-refractivity contribution in [2.45, 2.75) is 26.4 Å². The lowest BCUT2D eigenvalue weighted by Crippen LogP contribution is -2.20. The van der Waals surface area contributed by atoms with Gasteiger partial charge in [-0.1, -0.05) is 19.1 Å². The van der Waals surface area contributed by atoms with Crippen molar-refractivity contribution in [1.29, 1.82) is 0 Å². The molecule has 0 saturated carbocycles. The van der Waals surface area contributed by atoms with Crippen LogP contribution in [0.3, 0.4) is 0 Å². The first-order chi connectivity index (χ1) is 9.70. The molecule has 0 aromatic carbocycles. The van der Waals surface area contributed by atoms with E-state index in [1.807, 2.05) is 37.6 Å². The molecule has 0 aliphatic heterocycles. The van der Waals surface area contributed by atoms with Crippen LogP contribution in [0.2, 0.25) is 0 Å². The molecule has 2 aromatic rings. The van der Waals surface area contributed by atoms with E-state index in [9.17, 15) is 0 Å². The number of aromatic nitrogens is 2. The maximum absolute atomic E-state index is 4.54. The van der Waals surface area contributed by atoms with Crippen molar-refractivity contribution >= 4 is 5.82 Å². The first-order valence-corrected chi connectivity index (χ1v) is 7.01. The first-order valence-electron chi connectivity index (χ1n) is 7.01. The van der Waals surface area contributed by atoms with E-state index in [0.717, 1.165) is 24.6 Å². The Hall–Kier alpha value is -1.94. The standard InChI is InChI=1S/C16H22N4/c1-4-17-13(2)14-8-9-16(19-11-14)20(3)12-15-7-5-6-10-18-15/h5-11,13,17H,4,12H2,1-3H3. The highest BCUT2D eigenvalue weighted by Gasteiger charge is 2.07. The summed E-state index contributed by atoms with van der Waals surface area (Å²) in [6.45, 7) is 5.98. The number of pyridine rings is 2. The van der Waals surface area contributed by atoms with Crippen molar-refractivity contribution in [3.05, 3.63) is 54.0 Å². The Morgan fingerprint density at radius 3 is 2.65 bits per heavy atom. The molecule has 0 aliphatic carbocycles. The molecule has 0 fully saturated rings. The number of nitrogens with zero attached hydrogens (tertiary/aromatic N) is 3. The lowest BCUT2D eigenvalue weighted by Gasteiger charge is -2.19. The number of rotatable bonds is 6. The van der Waals surface area contributed by atoms with Crippen LogP contribution in [-0.2, 0) is 6.54 Å². The molecule has 1 N–H and O–H groups in total. The van der Waals surface area contributed by atoms with Crippen molar-refractivity contribution in [1.82, 2.24) is 15.3 Å². The molecule has 4 nitrogen and oxygen atoms in total. The van der Waals surface area contributed by atoms with E-state index in [2.05, 4.69) is 46.2 Å². The van der Waals surface area contributed by atoms with Gasteiger partial charge in [-0.3, -0.25) is 4.98 Å². The third kappa shape index (κ3) is 3.78. The minimum atomic E-state index is 0.336. The summed E-state index contributed by atoms with van der Waals surface area (Å²) in [5.74, 6) is 0.961. The summed E-state index contributed by atoms with van der Waals surface area (Å²) in [6, 6.07) is 10.5. The van der Waals surface area contributed by atoms with Gasteiger partial charge < -0.3 is 10.2 Å². The van der Waals surface area contributed by atoms with Crippen LogP contribution in [0.25, 0.3) is 0 Å². The molecule has 2 aromatic heterocycles. The lowest BCUT2D eigenvalue weighted by atomic mass is 10.1. The van der Waals surface area contributed by atoms with E-state index < -0.39 is 0 Å². The summed E-state index contributed by atoms with van der Waals surface area (Å²) in [5.41, 5.74) is 2.25. The van der Waals surface area contributed by atoms with E-state index in [0.29, 0.717) is 6.04 Å². The number of hydrogen-bond acceptors (Lipinski definition) is 4. The fourth-order valence-electron chi connectivity index (χ4n) is 2.12. The van der Waals surface area contributed by atoms with Gasteiger partial charge in [-0.2, -0.15) is 0 Å². The average Bonchev–Trinajstić information content (AvgIpc) is 2.48. The highest BCUT2D eigenvalue weighted by atomic mass is 15.2. The highest BCUT2D eigenvalue weighted by molar-refractivity contribution is 5.39. The number of hydrogen-bond donors (Lipinski definition) is 1. The van der Waals surface area contributed by atoms with Crippen molar-refractivity contribution in [3.63, 3.8) is 0 Å². The Morgan fingerprint density at radius 1 is 1.20 bits per heavy atom. The highest BCUT2D eigenvalue weighted by Crippen LogP contribution is 2.16. The van der Waals surface area contributed by atoms with Crippen LogP contribution in [0.5, 0.6) is 0 Å². The van der Waals surface area contributed by atoms with E-state index in [1.54, 1.807) is 0 Å². The molecule has 106 valence electrons. The third-order valence-corrected chi connectivity index (χ3v) is 3.30. The zero-order chi connectivity index (χ0) is 14.4. The van der Waals surface area contributed by atoms with Crippen LogP contribution in [0.4, 0.5) is 5.82 Å². The topological polar surface area (TPSA) is 41.0 Å². The molecule has 2 rings (SSSR count). The number of nitrogens with one attached hydrogen (secondary N) is 1. The molecule has 0 spiro atoms. The molecular weight excluding hydrogens is 248 g/mol. The van der Waals surface area contributed by atoms with Gasteiger partial charge in [0.15, 0.2) is 0 Å². The molecule has 0 radical (unpaired) electrons. The minimum Gasteiger partial charge on any atom is -0.354 e. The Kier molecular flexibility index (Phi) is 5.07. The van der Waals surface area contributed by atoms with Gasteiger partial charge in [-0.25, -0.2) is 4.98 Å². The van der Waals surface area contributed by atoms with Crippen molar-refractivity contribution in [3.8, 4) is 0 Å². The van der Waals surface area contributed by atoms with E-state index in [1.165, 1.54) is 5.56 Å². The third-order valence-electron chi connectivity index (χ3n) is 3.30. The zero-order valence-corrected chi connectivity index (χ0v) is 12.4. The largest absolute Gasteiger partial charge is 0.354 e. The van der Waals surface area contributed by atoms with Crippen molar-refractivity contribution in [2.24, 2.45) is 0 Å². The number of anilines is 1. The van der Waals surface area contributed by atoms with Crippen LogP contribution in [0.1, 0.15) is 31.1 Å². The average molecular weight is 270 g/mol. The molecule has 0 bridgehead atoms. The van der Waals surface area contributed by atoms with Gasteiger partial charge in [0, 0.05) is 25.5 Å². The van der Waals surface area contributed by atoms with Crippen LogP contribution in [0.15, 0.2) is 42.7 Å². The second kappa shape index (κ2) is 7.01. The molecule has 1 unspecified atom stereocenters. The summed E-state index contributed by atoms with van der Waals surface area (Å²) in [6.07, 6.45) is 3.76. The van der Waals surface area contributed by atoms with Gasteiger partial charge in [0.2, 0.25) is 0 Å². The normalized spacial score (nSPS) is 12.2. The maximum atomic E-state index is 4.54. The lowest BCUT2D eigenvalue weighted by molar-refractivity contribution is 0.596. The van der Waals surface area contributed by atoms with Gasteiger partial charge in [0.25, 0.3) is 0 Å². The SMILES string of the molecule is CCNC(C)c1ccc(N(C)Cc2ccccn2)nc1. The van der Waals surface area contributed by atoms with Crippen molar-refractivity contribution < 1.29 is 0 Å². The fourth-order valence-corrected chi connectivity index (χ4v) is 2.12. The van der Waals surface area contributed by atoms with Gasteiger partial charge in [0.1, 0.15) is 5.82 Å². The van der Waals surface area contributed by atoms with E-state index >= 15 is 0 Å². The van der Waals surface area contributed by atoms with E-state index in [4.69, 9.17) is 0 Å². The summed E-state index contributed by atoms with van der Waals surface area (Å²) < 4.78 is 0. The Labute approximate surface area is 120 Å². The Balaban J connectivity index is 2.02. The van der Waals surface area contributed by atoms with Crippen LogP contribution in [-0.4, -0.2) is 23.6 Å². The predicted molar refractivity (Wildman–Crippen MR) is 82.7 cm³/mol. The van der Waals surface area contributed by atoms with Gasteiger partial charge in [-0.15, -0.1) is 0 Å². The minimum absolute atomic E-state index is 0.336. The Bertz CT molecular complexity index is 510. The maximum Gasteiger partial charge on any atom is 0.128 e. The van der Waals surface area contributed by atoms with E-state index in [-0.39, 0.29) is 0 Å². The summed E-state index contributed by atoms with van der Waals surface area (Å²) in [4.78, 5) is 11.0. The Morgan fingerprint density at radius 2 is 2.05 bits per heavy atom. The smallest absolute Gasteiger partial charge is 0.128 e. The molecule has 0 saturated heterocycles. The molecule has 0 aliphatic rings. The quantitative estimate of drug-likeness (QED) is 0.876. The van der Waals surface area contributed by atoms with Gasteiger partial charge in [-0.05, 0) is 37.2 Å². The molecule has 4 heteroatoms. The molecule has 0 amide bonds. The zero-order valence-electron chi connectivity index (χ0n) is 12.4. The first kappa shape index (κ1) is 14.5. The van der Waals surface area contributed by atoms with Crippen LogP contribution < -0.4 is 10.2 Å². The summed E-state index contributed by atoms with van der Waals surface area (Å²) in [5, 5.41) is 3.39. The van der Waals surface area contributed by atoms with Crippen LogP contribution >= 0.6 is 0 Å². The van der Waals surface area contributed by atoms with Crippen molar-refractivity contribution in [2.75, 3.05) is 18.5 Å². The van der Waals surface area contributed by atoms with Gasteiger partial charge >= 0.3 is 0 Å².